The first-order valence-electron chi connectivity index (χ1n) is 11.4. The monoisotopic (exact) mass is 458 g/mol. The van der Waals surface area contributed by atoms with E-state index in [4.69, 9.17) is 9.47 Å². The number of carbonyl (C=O) groups is 1. The number of aryl methyl sites for hydroxylation is 1. The zero-order valence-corrected chi connectivity index (χ0v) is 20.1. The van der Waals surface area contributed by atoms with E-state index < -0.39 is 0 Å². The number of nitrogens with one attached hydrogen (secondary N) is 2. The highest BCUT2D eigenvalue weighted by molar-refractivity contribution is 7.13. The van der Waals surface area contributed by atoms with Gasteiger partial charge in [0.25, 0.3) is 0 Å². The maximum Gasteiger partial charge on any atom is 0.320 e. The second-order valence-electron chi connectivity index (χ2n) is 9.43. The van der Waals surface area contributed by atoms with Crippen molar-refractivity contribution in [1.82, 2.24) is 15.2 Å². The van der Waals surface area contributed by atoms with E-state index in [1.165, 1.54) is 11.3 Å². The molecule has 2 aliphatic heterocycles. The van der Waals surface area contributed by atoms with Gasteiger partial charge in [0.2, 0.25) is 0 Å². The Morgan fingerprint density at radius 2 is 2.19 bits per heavy atom. The first-order valence-corrected chi connectivity index (χ1v) is 12.3. The number of thiazole rings is 1. The summed E-state index contributed by atoms with van der Waals surface area (Å²) in [4.78, 5) is 19.2. The van der Waals surface area contributed by atoms with Gasteiger partial charge >= 0.3 is 6.03 Å². The number of likely N-dealkylation sites (N-methyl/N-ethyl adjacent to an activating group) is 1. The van der Waals surface area contributed by atoms with Crippen LogP contribution in [0.4, 0.5) is 10.6 Å². The lowest BCUT2D eigenvalue weighted by atomic mass is 9.83. The summed E-state index contributed by atoms with van der Waals surface area (Å²) in [5.41, 5.74) is 2.29. The Bertz CT molecular complexity index is 926. The molecule has 0 aliphatic carbocycles. The van der Waals surface area contributed by atoms with Crippen molar-refractivity contribution in [3.8, 4) is 16.3 Å². The highest BCUT2D eigenvalue weighted by atomic mass is 32.1. The lowest BCUT2D eigenvalue weighted by molar-refractivity contribution is 0.000201. The van der Waals surface area contributed by atoms with Crippen LogP contribution in [0.5, 0.6) is 5.75 Å². The van der Waals surface area contributed by atoms with Gasteiger partial charge in [0.15, 0.2) is 0 Å². The van der Waals surface area contributed by atoms with Crippen LogP contribution >= 0.6 is 11.3 Å². The second kappa shape index (κ2) is 10.2. The molecule has 0 bridgehead atoms. The van der Waals surface area contributed by atoms with Gasteiger partial charge in [-0.3, -0.25) is 5.32 Å². The molecule has 2 amide bonds. The van der Waals surface area contributed by atoms with E-state index in [9.17, 15) is 4.79 Å². The molecule has 0 saturated carbocycles. The van der Waals surface area contributed by atoms with Crippen LogP contribution in [-0.4, -0.2) is 61.9 Å². The lowest BCUT2D eigenvalue weighted by Gasteiger charge is -2.33. The molecule has 2 aromatic rings. The molecule has 8 heteroatoms. The molecule has 2 saturated heterocycles. The van der Waals surface area contributed by atoms with Gasteiger partial charge in [0.1, 0.15) is 16.6 Å². The van der Waals surface area contributed by atoms with Crippen LogP contribution in [0, 0.1) is 12.3 Å². The molecule has 4 rings (SSSR count). The van der Waals surface area contributed by atoms with Crippen LogP contribution in [0.15, 0.2) is 23.6 Å². The van der Waals surface area contributed by atoms with Crippen LogP contribution in [0.25, 0.3) is 10.6 Å². The minimum absolute atomic E-state index is 0.173. The van der Waals surface area contributed by atoms with Gasteiger partial charge in [-0.15, -0.1) is 11.3 Å². The highest BCUT2D eigenvalue weighted by Crippen LogP contribution is 2.33. The van der Waals surface area contributed by atoms with Gasteiger partial charge in [-0.25, -0.2) is 9.78 Å². The van der Waals surface area contributed by atoms with E-state index in [0.29, 0.717) is 12.4 Å². The third kappa shape index (κ3) is 5.99. The van der Waals surface area contributed by atoms with Crippen LogP contribution in [0.1, 0.15) is 38.2 Å². The SMILES string of the molecule is Cc1cc(-c2nc(NC(=O)N[C@H]3CCCN(C)C3)cs2)ccc1OCC1(C)CCOCC1. The molecule has 2 fully saturated rings. The number of nitrogens with zero attached hydrogens (tertiary/aromatic N) is 2. The number of piperidine rings is 1. The number of hydrogen-bond acceptors (Lipinski definition) is 6. The van der Waals surface area contributed by atoms with Crippen LogP contribution in [0.3, 0.4) is 0 Å². The Kier molecular flexibility index (Phi) is 7.33. The van der Waals surface area contributed by atoms with Gasteiger partial charge in [0.05, 0.1) is 6.61 Å². The molecule has 2 aliphatic rings. The third-order valence-corrected chi connectivity index (χ3v) is 7.29. The lowest BCUT2D eigenvalue weighted by Crippen LogP contribution is -2.47. The van der Waals surface area contributed by atoms with Crippen molar-refractivity contribution in [1.29, 1.82) is 0 Å². The molecule has 2 N–H and O–H groups in total. The van der Waals surface area contributed by atoms with E-state index in [2.05, 4.69) is 47.5 Å². The molecular formula is C24H34N4O3S. The summed E-state index contributed by atoms with van der Waals surface area (Å²) in [6, 6.07) is 6.15. The number of likely N-dealkylation sites (tertiary alicyclic amines) is 1. The van der Waals surface area contributed by atoms with E-state index in [1.54, 1.807) is 0 Å². The Morgan fingerprint density at radius 3 is 2.94 bits per heavy atom. The molecule has 0 radical (unpaired) electrons. The van der Waals surface area contributed by atoms with Crippen molar-refractivity contribution in [2.75, 3.05) is 45.3 Å². The minimum Gasteiger partial charge on any atom is -0.493 e. The molecule has 1 aromatic carbocycles. The summed E-state index contributed by atoms with van der Waals surface area (Å²) >= 11 is 1.52. The van der Waals surface area contributed by atoms with Gasteiger partial charge < -0.3 is 19.7 Å². The van der Waals surface area contributed by atoms with E-state index in [0.717, 1.165) is 73.9 Å². The third-order valence-electron chi connectivity index (χ3n) is 6.40. The minimum atomic E-state index is -0.191. The Hall–Kier alpha value is -2.16. The molecule has 7 nitrogen and oxygen atoms in total. The van der Waals surface area contributed by atoms with Crippen LogP contribution < -0.4 is 15.4 Å². The molecule has 1 atom stereocenters. The number of anilines is 1. The zero-order valence-electron chi connectivity index (χ0n) is 19.3. The second-order valence-corrected chi connectivity index (χ2v) is 10.3. The molecule has 174 valence electrons. The maximum atomic E-state index is 12.4. The fourth-order valence-electron chi connectivity index (χ4n) is 4.29. The summed E-state index contributed by atoms with van der Waals surface area (Å²) in [5.74, 6) is 1.49. The standard InChI is InChI=1S/C24H34N4O3S/c1-17-13-18(6-7-20(17)31-16-24(2)8-11-30-12-9-24)22-26-21(15-32-22)27-23(29)25-19-5-4-10-28(3)14-19/h6-7,13,15,19H,4-5,8-12,14,16H2,1-3H3,(H2,25,27,29)/t19-/m0/s1. The zero-order chi connectivity index (χ0) is 22.6. The van der Waals surface area contributed by atoms with Crippen molar-refractivity contribution in [2.24, 2.45) is 5.41 Å². The number of rotatable bonds is 6. The Labute approximate surface area is 194 Å². The van der Waals surface area contributed by atoms with Gasteiger partial charge in [0, 0.05) is 42.2 Å². The quantitative estimate of drug-likeness (QED) is 0.665. The molecule has 32 heavy (non-hydrogen) atoms. The average Bonchev–Trinajstić information content (AvgIpc) is 3.21. The van der Waals surface area contributed by atoms with E-state index in [-0.39, 0.29) is 17.5 Å². The number of carbonyl (C=O) groups excluding carboxylic acids is 1. The smallest absolute Gasteiger partial charge is 0.320 e. The average molecular weight is 459 g/mol. The van der Waals surface area contributed by atoms with E-state index >= 15 is 0 Å². The molecule has 0 unspecified atom stereocenters. The fourth-order valence-corrected chi connectivity index (χ4v) is 5.04. The number of amides is 2. The molecule has 1 aromatic heterocycles. The summed E-state index contributed by atoms with van der Waals surface area (Å²) in [6.45, 7) is 8.64. The number of hydrogen-bond donors (Lipinski definition) is 2. The first-order chi connectivity index (χ1) is 15.4. The first kappa shape index (κ1) is 23.0. The number of benzene rings is 1. The topological polar surface area (TPSA) is 75.7 Å². The van der Waals surface area contributed by atoms with Gasteiger partial charge in [-0.05, 0) is 70.0 Å². The van der Waals surface area contributed by atoms with Crippen LogP contribution in [-0.2, 0) is 4.74 Å². The molecule has 3 heterocycles. The fraction of sp³-hybridized carbons (Fsp3) is 0.583. The number of urea groups is 1. The summed E-state index contributed by atoms with van der Waals surface area (Å²) in [6.07, 6.45) is 4.18. The molecule has 0 spiro atoms. The predicted molar refractivity (Wildman–Crippen MR) is 129 cm³/mol. The largest absolute Gasteiger partial charge is 0.493 e. The number of ether oxygens (including phenoxy) is 2. The van der Waals surface area contributed by atoms with Crippen molar-refractivity contribution >= 4 is 23.2 Å². The summed E-state index contributed by atoms with van der Waals surface area (Å²) in [7, 11) is 2.09. The Balaban J connectivity index is 1.33. The highest BCUT2D eigenvalue weighted by Gasteiger charge is 2.28. The van der Waals surface area contributed by atoms with Crippen molar-refractivity contribution in [3.63, 3.8) is 0 Å². The number of aromatic nitrogens is 1. The van der Waals surface area contributed by atoms with Crippen molar-refractivity contribution in [3.05, 3.63) is 29.1 Å². The summed E-state index contributed by atoms with van der Waals surface area (Å²) < 4.78 is 11.6. The maximum absolute atomic E-state index is 12.4. The molecular weight excluding hydrogens is 424 g/mol. The van der Waals surface area contributed by atoms with Crippen LogP contribution in [0.2, 0.25) is 0 Å². The van der Waals surface area contributed by atoms with Gasteiger partial charge in [-0.1, -0.05) is 6.92 Å². The van der Waals surface area contributed by atoms with E-state index in [1.807, 2.05) is 17.5 Å². The van der Waals surface area contributed by atoms with Crippen molar-refractivity contribution < 1.29 is 14.3 Å². The Morgan fingerprint density at radius 1 is 1.38 bits per heavy atom. The normalized spacial score (nSPS) is 21.2. The van der Waals surface area contributed by atoms with Gasteiger partial charge in [-0.2, -0.15) is 0 Å². The van der Waals surface area contributed by atoms with Crippen molar-refractivity contribution in [2.45, 2.75) is 45.6 Å². The predicted octanol–water partition coefficient (Wildman–Crippen LogP) is 4.53. The summed E-state index contributed by atoms with van der Waals surface area (Å²) in [5, 5.41) is 8.69.